The summed E-state index contributed by atoms with van der Waals surface area (Å²) < 4.78 is 2.38. The van der Waals surface area contributed by atoms with Crippen LogP contribution in [0, 0.1) is 0 Å². The van der Waals surface area contributed by atoms with E-state index in [0.29, 0.717) is 0 Å². The average Bonchev–Trinajstić information content (AvgIpc) is 3.67. The lowest BCUT2D eigenvalue weighted by Gasteiger charge is -2.30. The summed E-state index contributed by atoms with van der Waals surface area (Å²) in [7, 11) is 0. The number of anilines is 3. The Kier molecular flexibility index (Phi) is 7.33. The normalized spacial score (nSPS) is 14.5. The Balaban J connectivity index is 1.16. The van der Waals surface area contributed by atoms with Gasteiger partial charge in [0, 0.05) is 38.8 Å². The van der Waals surface area contributed by atoms with Crippen LogP contribution in [0.2, 0.25) is 0 Å². The second-order valence-electron chi connectivity index (χ2n) is 14.9. The van der Waals surface area contributed by atoms with Gasteiger partial charge >= 0.3 is 0 Å². The van der Waals surface area contributed by atoms with Crippen LogP contribution in [-0.2, 0) is 5.41 Å². The van der Waals surface area contributed by atoms with E-state index in [0.717, 1.165) is 24.2 Å². The van der Waals surface area contributed by atoms with E-state index in [-0.39, 0.29) is 5.41 Å². The molecule has 2 nitrogen and oxygen atoms in total. The van der Waals surface area contributed by atoms with E-state index >= 15 is 0 Å². The quantitative estimate of drug-likeness (QED) is 0.170. The number of benzene rings is 7. The summed E-state index contributed by atoms with van der Waals surface area (Å²) >= 11 is 0. The Hall–Kier alpha value is -6.38. The van der Waals surface area contributed by atoms with Crippen molar-refractivity contribution in [2.75, 3.05) is 4.90 Å². The maximum absolute atomic E-state index is 2.46. The van der Waals surface area contributed by atoms with Crippen LogP contribution in [0.15, 0.2) is 188 Å². The molecular formula is C51H40N2. The van der Waals surface area contributed by atoms with Crippen LogP contribution in [0.4, 0.5) is 17.1 Å². The molecule has 1 aromatic heterocycles. The van der Waals surface area contributed by atoms with Gasteiger partial charge in [0.2, 0.25) is 0 Å². The van der Waals surface area contributed by atoms with Crippen LogP contribution in [0.5, 0.6) is 0 Å². The van der Waals surface area contributed by atoms with Crippen LogP contribution in [0.1, 0.15) is 37.8 Å². The fourth-order valence-corrected chi connectivity index (χ4v) is 8.90. The first kappa shape index (κ1) is 31.4. The minimum Gasteiger partial charge on any atom is -0.310 e. The molecule has 0 radical (unpaired) electrons. The molecule has 53 heavy (non-hydrogen) atoms. The molecule has 0 saturated heterocycles. The Morgan fingerprint density at radius 3 is 2.02 bits per heavy atom. The standard InChI is InChI=1S/C51H40N2/c1-51(2)46-22-12-9-20-42(46)43-31-30-40(34-47(43)51)52(39-28-25-36(26-29-39)35-15-5-3-6-16-35)48-23-13-10-19-41(48)37-27-32-50-45(33-37)44-21-11-14-24-49(44)53(50)38-17-7-4-8-18-38/h3-8,10-19,21-34H,9,20H2,1-2H3. The maximum atomic E-state index is 2.46. The third-order valence-corrected chi connectivity index (χ3v) is 11.5. The van der Waals surface area contributed by atoms with E-state index in [9.17, 15) is 0 Å². The number of hydrogen-bond acceptors (Lipinski definition) is 1. The molecule has 7 aromatic carbocycles. The van der Waals surface area contributed by atoms with Gasteiger partial charge in [0.15, 0.2) is 0 Å². The molecule has 1 heterocycles. The predicted octanol–water partition coefficient (Wildman–Crippen LogP) is 14.0. The number of allylic oxidation sites excluding steroid dienone is 4. The zero-order chi connectivity index (χ0) is 35.5. The lowest BCUT2D eigenvalue weighted by Crippen LogP contribution is -2.18. The van der Waals surface area contributed by atoms with E-state index in [1.165, 1.54) is 77.7 Å². The fraction of sp³-hybridized carbons (Fsp3) is 0.0980. The number of hydrogen-bond donors (Lipinski definition) is 0. The summed E-state index contributed by atoms with van der Waals surface area (Å²) in [5.74, 6) is 0. The second-order valence-corrected chi connectivity index (χ2v) is 14.9. The van der Waals surface area contributed by atoms with Gasteiger partial charge in [-0.05, 0) is 112 Å². The Bertz CT molecular complexity index is 2730. The largest absolute Gasteiger partial charge is 0.310 e. The first-order chi connectivity index (χ1) is 26.1. The molecule has 8 aromatic rings. The van der Waals surface area contributed by atoms with Crippen molar-refractivity contribution in [2.24, 2.45) is 0 Å². The monoisotopic (exact) mass is 680 g/mol. The minimum atomic E-state index is -0.0576. The van der Waals surface area contributed by atoms with Gasteiger partial charge in [-0.25, -0.2) is 0 Å². The van der Waals surface area contributed by atoms with Gasteiger partial charge in [0.25, 0.3) is 0 Å². The van der Waals surface area contributed by atoms with Crippen LogP contribution in [0.25, 0.3) is 55.3 Å². The van der Waals surface area contributed by atoms with Crippen molar-refractivity contribution >= 4 is 44.4 Å². The van der Waals surface area contributed by atoms with Crippen molar-refractivity contribution in [3.8, 4) is 27.9 Å². The van der Waals surface area contributed by atoms with Crippen molar-refractivity contribution < 1.29 is 0 Å². The van der Waals surface area contributed by atoms with Gasteiger partial charge in [0.1, 0.15) is 0 Å². The van der Waals surface area contributed by atoms with Crippen LogP contribution >= 0.6 is 0 Å². The van der Waals surface area contributed by atoms with Crippen LogP contribution in [0.3, 0.4) is 0 Å². The summed E-state index contributed by atoms with van der Waals surface area (Å²) in [4.78, 5) is 2.46. The average molecular weight is 681 g/mol. The van der Waals surface area contributed by atoms with Gasteiger partial charge < -0.3 is 9.47 Å². The molecule has 0 unspecified atom stereocenters. The van der Waals surface area contributed by atoms with E-state index in [2.05, 4.69) is 205 Å². The third-order valence-electron chi connectivity index (χ3n) is 11.5. The van der Waals surface area contributed by atoms with Gasteiger partial charge in [-0.15, -0.1) is 0 Å². The summed E-state index contributed by atoms with van der Waals surface area (Å²) in [6.07, 6.45) is 6.94. The molecule has 0 spiro atoms. The molecule has 0 saturated carbocycles. The van der Waals surface area contributed by atoms with Gasteiger partial charge in [-0.2, -0.15) is 0 Å². The lowest BCUT2D eigenvalue weighted by molar-refractivity contribution is 0.651. The van der Waals surface area contributed by atoms with E-state index in [4.69, 9.17) is 0 Å². The van der Waals surface area contributed by atoms with Crippen molar-refractivity contribution in [2.45, 2.75) is 32.1 Å². The van der Waals surface area contributed by atoms with Gasteiger partial charge in [-0.1, -0.05) is 135 Å². The number of aromatic nitrogens is 1. The summed E-state index contributed by atoms with van der Waals surface area (Å²) in [6.45, 7) is 4.78. The smallest absolute Gasteiger partial charge is 0.0541 e. The molecule has 2 heteroatoms. The second kappa shape index (κ2) is 12.4. The molecule has 10 rings (SSSR count). The van der Waals surface area contributed by atoms with E-state index < -0.39 is 0 Å². The highest BCUT2D eigenvalue weighted by Crippen LogP contribution is 2.52. The molecule has 0 amide bonds. The molecule has 0 N–H and O–H groups in total. The zero-order valence-electron chi connectivity index (χ0n) is 30.1. The molecule has 0 atom stereocenters. The molecular weight excluding hydrogens is 641 g/mol. The summed E-state index contributed by atoms with van der Waals surface area (Å²) in [5.41, 5.74) is 17.6. The van der Waals surface area contributed by atoms with Crippen LogP contribution < -0.4 is 4.90 Å². The Morgan fingerprint density at radius 1 is 0.528 bits per heavy atom. The summed E-state index contributed by atoms with van der Waals surface area (Å²) in [6, 6.07) is 62.2. The van der Waals surface area contributed by atoms with Crippen molar-refractivity contribution in [3.63, 3.8) is 0 Å². The van der Waals surface area contributed by atoms with Crippen molar-refractivity contribution in [1.29, 1.82) is 0 Å². The zero-order valence-corrected chi connectivity index (χ0v) is 30.1. The highest BCUT2D eigenvalue weighted by molar-refractivity contribution is 6.11. The number of nitrogens with zero attached hydrogens (tertiary/aromatic N) is 2. The van der Waals surface area contributed by atoms with Gasteiger partial charge in [0.05, 0.1) is 16.7 Å². The van der Waals surface area contributed by atoms with E-state index in [1.54, 1.807) is 0 Å². The third kappa shape index (κ3) is 5.09. The lowest BCUT2D eigenvalue weighted by atomic mass is 9.80. The number of fused-ring (bicyclic) bond motifs is 5. The van der Waals surface area contributed by atoms with Crippen molar-refractivity contribution in [1.82, 2.24) is 4.57 Å². The predicted molar refractivity (Wildman–Crippen MR) is 225 cm³/mol. The Labute approximate surface area is 311 Å². The highest BCUT2D eigenvalue weighted by atomic mass is 15.1. The summed E-state index contributed by atoms with van der Waals surface area (Å²) in [5, 5.41) is 2.50. The van der Waals surface area contributed by atoms with Crippen molar-refractivity contribution in [3.05, 3.63) is 199 Å². The minimum absolute atomic E-state index is 0.0576. The fourth-order valence-electron chi connectivity index (χ4n) is 8.90. The number of para-hydroxylation sites is 3. The molecule has 2 aliphatic carbocycles. The first-order valence-corrected chi connectivity index (χ1v) is 18.7. The van der Waals surface area contributed by atoms with Gasteiger partial charge in [-0.3, -0.25) is 0 Å². The first-order valence-electron chi connectivity index (χ1n) is 18.7. The highest BCUT2D eigenvalue weighted by Gasteiger charge is 2.37. The molecule has 2 aliphatic rings. The number of rotatable bonds is 6. The maximum Gasteiger partial charge on any atom is 0.0541 e. The molecule has 0 fully saturated rings. The van der Waals surface area contributed by atoms with E-state index in [1.807, 2.05) is 0 Å². The SMILES string of the molecule is CC1(C)C2=C(CCC=C2)c2ccc(N(c3ccc(-c4ccccc4)cc3)c3ccccc3-c3ccc4c(c3)c3ccccc3n4-c3ccccc3)cc21. The van der Waals surface area contributed by atoms with Crippen LogP contribution in [-0.4, -0.2) is 4.57 Å². The molecule has 254 valence electrons. The molecule has 0 aliphatic heterocycles. The topological polar surface area (TPSA) is 8.17 Å². The molecule has 0 bridgehead atoms. The Morgan fingerprint density at radius 2 is 1.19 bits per heavy atom.